The van der Waals surface area contributed by atoms with E-state index in [1.807, 2.05) is 19.1 Å². The van der Waals surface area contributed by atoms with E-state index in [2.05, 4.69) is 43.4 Å². The van der Waals surface area contributed by atoms with E-state index in [1.54, 1.807) is 19.2 Å². The largest absolute Gasteiger partial charge is 0.497 e. The van der Waals surface area contributed by atoms with Crippen LogP contribution >= 0.6 is 0 Å². The summed E-state index contributed by atoms with van der Waals surface area (Å²) in [5, 5.41) is 3.03. The van der Waals surface area contributed by atoms with Gasteiger partial charge in [-0.3, -0.25) is 4.79 Å². The van der Waals surface area contributed by atoms with Gasteiger partial charge in [0.05, 0.1) is 13.2 Å². The van der Waals surface area contributed by atoms with Crippen LogP contribution in [-0.2, 0) is 6.42 Å². The minimum atomic E-state index is -0.0948. The first-order valence-electron chi connectivity index (χ1n) is 8.03. The maximum absolute atomic E-state index is 12.3. The molecule has 0 saturated carbocycles. The number of hydrogen-bond donors (Lipinski definition) is 1. The lowest BCUT2D eigenvalue weighted by Crippen LogP contribution is -2.26. The highest BCUT2D eigenvalue weighted by Gasteiger charge is 2.12. The van der Waals surface area contributed by atoms with Gasteiger partial charge in [-0.15, -0.1) is 0 Å². The van der Waals surface area contributed by atoms with Gasteiger partial charge in [0.1, 0.15) is 5.75 Å². The predicted octanol–water partition coefficient (Wildman–Crippen LogP) is 4.38. The molecule has 0 aliphatic heterocycles. The van der Waals surface area contributed by atoms with Crippen molar-refractivity contribution >= 4 is 5.91 Å². The molecule has 2 rings (SSSR count). The number of carbonyl (C=O) groups excluding carboxylic acids is 1. The van der Waals surface area contributed by atoms with Gasteiger partial charge in [-0.2, -0.15) is 0 Å². The van der Waals surface area contributed by atoms with Gasteiger partial charge in [0.25, 0.3) is 5.91 Å². The van der Waals surface area contributed by atoms with Crippen LogP contribution in [0.3, 0.4) is 0 Å². The first-order chi connectivity index (χ1) is 11.0. The Balaban J connectivity index is 2.02. The molecule has 0 aromatic heterocycles. The number of nitrogens with one attached hydrogen (secondary N) is 1. The Kier molecular flexibility index (Phi) is 5.80. The molecule has 1 amide bonds. The summed E-state index contributed by atoms with van der Waals surface area (Å²) in [6.45, 7) is 6.42. The fourth-order valence-electron chi connectivity index (χ4n) is 2.54. The lowest BCUT2D eigenvalue weighted by atomic mass is 10.00. The molecule has 1 N–H and O–H groups in total. The summed E-state index contributed by atoms with van der Waals surface area (Å²) >= 11 is 0. The Morgan fingerprint density at radius 3 is 2.39 bits per heavy atom. The summed E-state index contributed by atoms with van der Waals surface area (Å²) in [6.07, 6.45) is 1.07. The molecular formula is C20H25NO2. The van der Waals surface area contributed by atoms with Crippen LogP contribution < -0.4 is 10.1 Å². The zero-order valence-corrected chi connectivity index (χ0v) is 14.3. The van der Waals surface area contributed by atoms with Crippen LogP contribution in [0.15, 0.2) is 48.5 Å². The molecule has 0 heterocycles. The Hall–Kier alpha value is -2.29. The number of ether oxygens (including phenoxy) is 1. The lowest BCUT2D eigenvalue weighted by molar-refractivity contribution is 0.0939. The van der Waals surface area contributed by atoms with Crippen LogP contribution in [0.4, 0.5) is 0 Å². The molecule has 2 aromatic rings. The molecule has 0 bridgehead atoms. The van der Waals surface area contributed by atoms with Crippen molar-refractivity contribution in [3.05, 3.63) is 65.2 Å². The summed E-state index contributed by atoms with van der Waals surface area (Å²) in [5.74, 6) is 1.23. The fraction of sp³-hybridized carbons (Fsp3) is 0.350. The Bertz CT molecular complexity index is 647. The zero-order chi connectivity index (χ0) is 16.8. The summed E-state index contributed by atoms with van der Waals surface area (Å²) in [6, 6.07) is 15.6. The molecule has 3 heteroatoms. The van der Waals surface area contributed by atoms with Crippen LogP contribution in [0.25, 0.3) is 0 Å². The van der Waals surface area contributed by atoms with Gasteiger partial charge < -0.3 is 10.1 Å². The van der Waals surface area contributed by atoms with Crippen LogP contribution in [0, 0.1) is 5.92 Å². The smallest absolute Gasteiger partial charge is 0.251 e. The predicted molar refractivity (Wildman–Crippen MR) is 93.9 cm³/mol. The number of hydrogen-bond acceptors (Lipinski definition) is 2. The maximum atomic E-state index is 12.3. The van der Waals surface area contributed by atoms with Crippen LogP contribution in [0.1, 0.15) is 48.3 Å². The van der Waals surface area contributed by atoms with E-state index in [9.17, 15) is 4.79 Å². The second-order valence-corrected chi connectivity index (χ2v) is 6.27. The Labute approximate surface area is 138 Å². The summed E-state index contributed by atoms with van der Waals surface area (Å²) < 4.78 is 5.16. The van der Waals surface area contributed by atoms with Gasteiger partial charge in [-0.05, 0) is 48.6 Å². The molecular weight excluding hydrogens is 286 g/mol. The SMILES string of the molecule is COc1cccc(C(=O)N[C@H](C)c2ccc(CC(C)C)cc2)c1. The van der Waals surface area contributed by atoms with E-state index in [0.717, 1.165) is 12.0 Å². The van der Waals surface area contributed by atoms with Crippen molar-refractivity contribution in [2.24, 2.45) is 5.92 Å². The summed E-state index contributed by atoms with van der Waals surface area (Å²) in [5.41, 5.74) is 3.04. The van der Waals surface area contributed by atoms with Gasteiger partial charge >= 0.3 is 0 Å². The second kappa shape index (κ2) is 7.82. The van der Waals surface area contributed by atoms with E-state index < -0.39 is 0 Å². The van der Waals surface area contributed by atoms with Gasteiger partial charge in [0, 0.05) is 5.56 Å². The van der Waals surface area contributed by atoms with Crippen molar-refractivity contribution in [3.63, 3.8) is 0 Å². The Morgan fingerprint density at radius 1 is 1.09 bits per heavy atom. The third-order valence-electron chi connectivity index (χ3n) is 3.80. The minimum absolute atomic E-state index is 0.0400. The average Bonchev–Trinajstić information content (AvgIpc) is 2.55. The maximum Gasteiger partial charge on any atom is 0.251 e. The molecule has 0 unspecified atom stereocenters. The molecule has 3 nitrogen and oxygen atoms in total. The van der Waals surface area contributed by atoms with Crippen LogP contribution in [0.2, 0.25) is 0 Å². The molecule has 0 spiro atoms. The number of benzene rings is 2. The molecule has 2 aromatic carbocycles. The highest BCUT2D eigenvalue weighted by atomic mass is 16.5. The van der Waals surface area contributed by atoms with Crippen molar-refractivity contribution in [1.82, 2.24) is 5.32 Å². The lowest BCUT2D eigenvalue weighted by Gasteiger charge is -2.15. The molecule has 0 aliphatic rings. The first kappa shape index (κ1) is 17.1. The van der Waals surface area contributed by atoms with Gasteiger partial charge in [0.15, 0.2) is 0 Å². The first-order valence-corrected chi connectivity index (χ1v) is 8.03. The molecule has 0 saturated heterocycles. The van der Waals surface area contributed by atoms with Crippen molar-refractivity contribution in [1.29, 1.82) is 0 Å². The normalized spacial score (nSPS) is 12.0. The molecule has 0 radical (unpaired) electrons. The fourth-order valence-corrected chi connectivity index (χ4v) is 2.54. The standard InChI is InChI=1S/C20H25NO2/c1-14(2)12-16-8-10-17(11-9-16)15(3)21-20(22)18-6-5-7-19(13-18)23-4/h5-11,13-15H,12H2,1-4H3,(H,21,22)/t15-/m1/s1. The summed E-state index contributed by atoms with van der Waals surface area (Å²) in [7, 11) is 1.60. The zero-order valence-electron chi connectivity index (χ0n) is 14.3. The topological polar surface area (TPSA) is 38.3 Å². The third kappa shape index (κ3) is 4.85. The van der Waals surface area contributed by atoms with Crippen molar-refractivity contribution in [3.8, 4) is 5.75 Å². The van der Waals surface area contributed by atoms with Gasteiger partial charge in [0.2, 0.25) is 0 Å². The van der Waals surface area contributed by atoms with Gasteiger partial charge in [-0.25, -0.2) is 0 Å². The highest BCUT2D eigenvalue weighted by Crippen LogP contribution is 2.17. The number of carbonyl (C=O) groups is 1. The highest BCUT2D eigenvalue weighted by molar-refractivity contribution is 5.94. The second-order valence-electron chi connectivity index (χ2n) is 6.27. The Morgan fingerprint density at radius 2 is 1.78 bits per heavy atom. The third-order valence-corrected chi connectivity index (χ3v) is 3.80. The van der Waals surface area contributed by atoms with E-state index in [4.69, 9.17) is 4.74 Å². The number of rotatable bonds is 6. The monoisotopic (exact) mass is 311 g/mol. The van der Waals surface area contributed by atoms with Crippen LogP contribution in [0.5, 0.6) is 5.75 Å². The quantitative estimate of drug-likeness (QED) is 0.859. The molecule has 1 atom stereocenters. The van der Waals surface area contributed by atoms with Crippen molar-refractivity contribution in [2.45, 2.75) is 33.2 Å². The number of methoxy groups -OCH3 is 1. The molecule has 23 heavy (non-hydrogen) atoms. The molecule has 122 valence electrons. The van der Waals surface area contributed by atoms with E-state index >= 15 is 0 Å². The molecule has 0 aliphatic carbocycles. The minimum Gasteiger partial charge on any atom is -0.497 e. The van der Waals surface area contributed by atoms with E-state index in [-0.39, 0.29) is 11.9 Å². The van der Waals surface area contributed by atoms with Crippen molar-refractivity contribution < 1.29 is 9.53 Å². The van der Waals surface area contributed by atoms with E-state index in [0.29, 0.717) is 17.2 Å². The van der Waals surface area contributed by atoms with Gasteiger partial charge in [-0.1, -0.05) is 44.2 Å². The van der Waals surface area contributed by atoms with E-state index in [1.165, 1.54) is 5.56 Å². The van der Waals surface area contributed by atoms with Crippen molar-refractivity contribution in [2.75, 3.05) is 7.11 Å². The summed E-state index contributed by atoms with van der Waals surface area (Å²) in [4.78, 5) is 12.3. The average molecular weight is 311 g/mol. The van der Waals surface area contributed by atoms with Crippen LogP contribution in [-0.4, -0.2) is 13.0 Å². The number of amides is 1. The molecule has 0 fully saturated rings.